The summed E-state index contributed by atoms with van der Waals surface area (Å²) in [5.41, 5.74) is 2.28. The number of guanidine groups is 1. The maximum Gasteiger partial charge on any atom is 0.243 e. The topological polar surface area (TPSA) is 77.0 Å². The van der Waals surface area contributed by atoms with Crippen molar-refractivity contribution >= 4 is 16.0 Å². The van der Waals surface area contributed by atoms with Crippen molar-refractivity contribution in [3.8, 4) is 0 Å². The number of nitrogens with zero attached hydrogens (tertiary/aromatic N) is 3. The molecule has 0 radical (unpaired) electrons. The van der Waals surface area contributed by atoms with Crippen LogP contribution in [0.5, 0.6) is 0 Å². The second-order valence-electron chi connectivity index (χ2n) is 8.03. The number of sulfonamides is 1. The Labute approximate surface area is 181 Å². The molecule has 8 heteroatoms. The van der Waals surface area contributed by atoms with Gasteiger partial charge in [0, 0.05) is 46.3 Å². The lowest BCUT2D eigenvalue weighted by Gasteiger charge is -2.32. The standard InChI is InChI=1S/C22H35N5O2S/c1-23-22(24-13-12-19-8-4-3-5-9-19)25-18-20-10-6-7-11-21(20)30(28,29)27-16-14-26(2)15-17-27/h6-8,10-11H,3-5,9,12-18H2,1-2H3,(H2,23,24,25). The Hall–Kier alpha value is -1.90. The molecule has 1 aliphatic carbocycles. The van der Waals surface area contributed by atoms with Gasteiger partial charge in [0.25, 0.3) is 0 Å². The van der Waals surface area contributed by atoms with E-state index in [0.717, 1.165) is 31.6 Å². The molecule has 30 heavy (non-hydrogen) atoms. The van der Waals surface area contributed by atoms with Gasteiger partial charge in [-0.2, -0.15) is 4.31 Å². The van der Waals surface area contributed by atoms with E-state index in [0.29, 0.717) is 30.5 Å². The fourth-order valence-corrected chi connectivity index (χ4v) is 5.59. The minimum atomic E-state index is -3.50. The maximum atomic E-state index is 13.2. The second-order valence-corrected chi connectivity index (χ2v) is 9.93. The van der Waals surface area contributed by atoms with E-state index in [4.69, 9.17) is 0 Å². The van der Waals surface area contributed by atoms with Gasteiger partial charge in [-0.3, -0.25) is 4.99 Å². The van der Waals surface area contributed by atoms with Gasteiger partial charge in [-0.05, 0) is 50.8 Å². The van der Waals surface area contributed by atoms with Gasteiger partial charge in [-0.1, -0.05) is 29.8 Å². The van der Waals surface area contributed by atoms with Crippen molar-refractivity contribution < 1.29 is 8.42 Å². The predicted molar refractivity (Wildman–Crippen MR) is 122 cm³/mol. The van der Waals surface area contributed by atoms with Gasteiger partial charge in [0.1, 0.15) is 0 Å². The highest BCUT2D eigenvalue weighted by Gasteiger charge is 2.29. The maximum absolute atomic E-state index is 13.2. The van der Waals surface area contributed by atoms with E-state index in [1.807, 2.05) is 19.2 Å². The molecule has 1 fully saturated rings. The lowest BCUT2D eigenvalue weighted by Crippen LogP contribution is -2.47. The molecule has 1 aromatic rings. The summed E-state index contributed by atoms with van der Waals surface area (Å²) in [7, 11) is 0.254. The van der Waals surface area contributed by atoms with E-state index in [1.165, 1.54) is 31.3 Å². The largest absolute Gasteiger partial charge is 0.356 e. The first-order valence-corrected chi connectivity index (χ1v) is 12.3. The molecule has 0 aromatic heterocycles. The first-order valence-electron chi connectivity index (χ1n) is 10.9. The van der Waals surface area contributed by atoms with E-state index < -0.39 is 10.0 Å². The molecule has 0 bridgehead atoms. The Balaban J connectivity index is 1.59. The molecular weight excluding hydrogens is 398 g/mol. The van der Waals surface area contributed by atoms with Crippen LogP contribution in [0.1, 0.15) is 37.7 Å². The van der Waals surface area contributed by atoms with Gasteiger partial charge < -0.3 is 15.5 Å². The van der Waals surface area contributed by atoms with E-state index in [-0.39, 0.29) is 0 Å². The molecular formula is C22H35N5O2S. The van der Waals surface area contributed by atoms with Crippen molar-refractivity contribution in [3.63, 3.8) is 0 Å². The van der Waals surface area contributed by atoms with Crippen molar-refractivity contribution in [2.24, 2.45) is 4.99 Å². The van der Waals surface area contributed by atoms with Crippen molar-refractivity contribution in [1.82, 2.24) is 19.8 Å². The average molecular weight is 434 g/mol. The summed E-state index contributed by atoms with van der Waals surface area (Å²) < 4.78 is 28.0. The third-order valence-corrected chi connectivity index (χ3v) is 7.85. The minimum Gasteiger partial charge on any atom is -0.356 e. The van der Waals surface area contributed by atoms with E-state index >= 15 is 0 Å². The number of hydrogen-bond donors (Lipinski definition) is 2. The van der Waals surface area contributed by atoms with Crippen LogP contribution in [0.25, 0.3) is 0 Å². The molecule has 0 saturated carbocycles. The fraction of sp³-hybridized carbons (Fsp3) is 0.591. The van der Waals surface area contributed by atoms with Crippen molar-refractivity contribution in [1.29, 1.82) is 0 Å². The van der Waals surface area contributed by atoms with E-state index in [9.17, 15) is 8.42 Å². The van der Waals surface area contributed by atoms with Gasteiger partial charge in [0.05, 0.1) is 4.90 Å². The summed E-state index contributed by atoms with van der Waals surface area (Å²) in [5, 5.41) is 6.62. The normalized spacial score (nSPS) is 19.4. The zero-order chi connectivity index (χ0) is 21.4. The highest BCUT2D eigenvalue weighted by Crippen LogP contribution is 2.22. The molecule has 2 N–H and O–H groups in total. The Morgan fingerprint density at radius 1 is 1.10 bits per heavy atom. The Kier molecular flexibility index (Phi) is 8.30. The van der Waals surface area contributed by atoms with Crippen LogP contribution >= 0.6 is 0 Å². The lowest BCUT2D eigenvalue weighted by molar-refractivity contribution is 0.222. The zero-order valence-electron chi connectivity index (χ0n) is 18.2. The molecule has 3 rings (SSSR count). The smallest absolute Gasteiger partial charge is 0.243 e. The number of nitrogens with one attached hydrogen (secondary N) is 2. The Morgan fingerprint density at radius 3 is 2.57 bits per heavy atom. The molecule has 0 spiro atoms. The predicted octanol–water partition coefficient (Wildman–Crippen LogP) is 2.18. The Bertz CT molecular complexity index is 858. The first kappa shape index (κ1) is 22.8. The first-order chi connectivity index (χ1) is 14.5. The van der Waals surface area contributed by atoms with Crippen LogP contribution < -0.4 is 10.6 Å². The summed E-state index contributed by atoms with van der Waals surface area (Å²) in [6, 6.07) is 7.25. The highest BCUT2D eigenvalue weighted by atomic mass is 32.2. The average Bonchev–Trinajstić information content (AvgIpc) is 2.77. The number of hydrogen-bond acceptors (Lipinski definition) is 4. The summed E-state index contributed by atoms with van der Waals surface area (Å²) >= 11 is 0. The number of likely N-dealkylation sites (N-methyl/N-ethyl adjacent to an activating group) is 1. The molecule has 1 aliphatic heterocycles. The van der Waals surface area contributed by atoms with Gasteiger partial charge in [0.15, 0.2) is 5.96 Å². The molecule has 1 heterocycles. The zero-order valence-corrected chi connectivity index (χ0v) is 19.0. The van der Waals surface area contributed by atoms with Crippen LogP contribution in [0.4, 0.5) is 0 Å². The van der Waals surface area contributed by atoms with Gasteiger partial charge in [-0.25, -0.2) is 8.42 Å². The number of aliphatic imine (C=N–C) groups is 1. The monoisotopic (exact) mass is 433 g/mol. The minimum absolute atomic E-state index is 0.380. The van der Waals surface area contributed by atoms with Crippen LogP contribution in [0.15, 0.2) is 45.8 Å². The fourth-order valence-electron chi connectivity index (χ4n) is 3.94. The summed E-state index contributed by atoms with van der Waals surface area (Å²) in [5.74, 6) is 0.693. The van der Waals surface area contributed by atoms with Crippen LogP contribution in [-0.2, 0) is 16.6 Å². The van der Waals surface area contributed by atoms with Crippen LogP contribution in [0, 0.1) is 0 Å². The van der Waals surface area contributed by atoms with Crippen LogP contribution in [0.2, 0.25) is 0 Å². The quantitative estimate of drug-likeness (QED) is 0.392. The van der Waals surface area contributed by atoms with Gasteiger partial charge in [0.2, 0.25) is 10.0 Å². The molecule has 0 atom stereocenters. The van der Waals surface area contributed by atoms with E-state index in [1.54, 1.807) is 23.5 Å². The second kappa shape index (κ2) is 10.9. The van der Waals surface area contributed by atoms with Crippen molar-refractivity contribution in [2.75, 3.05) is 46.8 Å². The Morgan fingerprint density at radius 2 is 1.87 bits per heavy atom. The third-order valence-electron chi connectivity index (χ3n) is 5.85. The van der Waals surface area contributed by atoms with Gasteiger partial charge >= 0.3 is 0 Å². The molecule has 166 valence electrons. The number of rotatable bonds is 7. The van der Waals surface area contributed by atoms with Crippen LogP contribution in [-0.4, -0.2) is 70.4 Å². The molecule has 0 amide bonds. The molecule has 1 saturated heterocycles. The lowest BCUT2D eigenvalue weighted by atomic mass is 9.97. The highest BCUT2D eigenvalue weighted by molar-refractivity contribution is 7.89. The molecule has 1 aromatic carbocycles. The number of allylic oxidation sites excluding steroid dienone is 1. The summed E-state index contributed by atoms with van der Waals surface area (Å²) in [4.78, 5) is 6.82. The summed E-state index contributed by atoms with van der Waals surface area (Å²) in [6.07, 6.45) is 8.37. The number of benzene rings is 1. The van der Waals surface area contributed by atoms with E-state index in [2.05, 4.69) is 26.6 Å². The molecule has 2 aliphatic rings. The van der Waals surface area contributed by atoms with Crippen molar-refractivity contribution in [2.45, 2.75) is 43.5 Å². The molecule has 0 unspecified atom stereocenters. The van der Waals surface area contributed by atoms with Crippen LogP contribution in [0.3, 0.4) is 0 Å². The summed E-state index contributed by atoms with van der Waals surface area (Å²) in [6.45, 7) is 3.80. The van der Waals surface area contributed by atoms with Gasteiger partial charge in [-0.15, -0.1) is 0 Å². The third kappa shape index (κ3) is 6.06. The molecule has 7 nitrogen and oxygen atoms in total. The number of piperazine rings is 1. The van der Waals surface area contributed by atoms with Crippen molar-refractivity contribution in [3.05, 3.63) is 41.5 Å². The SMILES string of the molecule is CN=C(NCCC1=CCCCC1)NCc1ccccc1S(=O)(=O)N1CCN(C)CC1.